The molecule has 0 aromatic rings. The van der Waals surface area contributed by atoms with Crippen LogP contribution in [0.4, 0.5) is 4.79 Å². The van der Waals surface area contributed by atoms with E-state index in [1.54, 1.807) is 0 Å². The maximum atomic E-state index is 10.5. The van der Waals surface area contributed by atoms with Gasteiger partial charge >= 0.3 is 6.09 Å². The van der Waals surface area contributed by atoms with Gasteiger partial charge in [-0.1, -0.05) is 0 Å². The number of hydrogen-bond acceptors (Lipinski definition) is 3. The van der Waals surface area contributed by atoms with E-state index in [0.717, 1.165) is 0 Å². The molecule has 70 valence electrons. The number of likely N-dealkylation sites (tertiary alicyclic amines) is 1. The van der Waals surface area contributed by atoms with Crippen LogP contribution < -0.4 is 5.73 Å². The number of aliphatic hydroxyl groups excluding tert-OH is 1. The molecule has 1 fully saturated rings. The van der Waals surface area contributed by atoms with Crippen molar-refractivity contribution in [3.8, 4) is 0 Å². The monoisotopic (exact) mass is 174 g/mol. The van der Waals surface area contributed by atoms with Crippen LogP contribution in [0.15, 0.2) is 0 Å². The Kier molecular flexibility index (Phi) is 2.88. The van der Waals surface area contributed by atoms with Crippen molar-refractivity contribution in [2.75, 3.05) is 13.1 Å². The van der Waals surface area contributed by atoms with E-state index in [1.807, 2.05) is 0 Å². The average molecular weight is 174 g/mol. The number of hydrogen-bond donors (Lipinski definition) is 3. The zero-order chi connectivity index (χ0) is 9.14. The van der Waals surface area contributed by atoms with Gasteiger partial charge in [0, 0.05) is 19.1 Å². The highest BCUT2D eigenvalue weighted by atomic mass is 16.4. The van der Waals surface area contributed by atoms with E-state index < -0.39 is 12.2 Å². The van der Waals surface area contributed by atoms with E-state index in [9.17, 15) is 9.90 Å². The first-order valence-electron chi connectivity index (χ1n) is 4.03. The Hall–Kier alpha value is -0.810. The molecule has 2 atom stereocenters. The van der Waals surface area contributed by atoms with Crippen LogP contribution in [0.3, 0.4) is 0 Å². The summed E-state index contributed by atoms with van der Waals surface area (Å²) in [6.07, 6.45) is -0.522. The zero-order valence-electron chi connectivity index (χ0n) is 6.81. The first-order valence-corrected chi connectivity index (χ1v) is 4.03. The number of carbonyl (C=O) groups is 1. The van der Waals surface area contributed by atoms with Gasteiger partial charge in [0.2, 0.25) is 0 Å². The van der Waals surface area contributed by atoms with Crippen molar-refractivity contribution >= 4 is 6.09 Å². The maximum Gasteiger partial charge on any atom is 0.407 e. The summed E-state index contributed by atoms with van der Waals surface area (Å²) in [6, 6.07) is -0.283. The van der Waals surface area contributed by atoms with E-state index in [-0.39, 0.29) is 6.04 Å². The van der Waals surface area contributed by atoms with Gasteiger partial charge in [-0.15, -0.1) is 0 Å². The molecule has 0 spiro atoms. The molecule has 1 aliphatic rings. The summed E-state index contributed by atoms with van der Waals surface area (Å²) in [4.78, 5) is 11.8. The van der Waals surface area contributed by atoms with Gasteiger partial charge in [-0.3, -0.25) is 0 Å². The van der Waals surface area contributed by atoms with E-state index in [4.69, 9.17) is 10.8 Å². The molecule has 1 heterocycles. The average Bonchev–Trinajstić information content (AvgIpc) is 2.16. The first-order chi connectivity index (χ1) is 5.61. The number of carboxylic acid groups (broad SMARTS) is 1. The maximum absolute atomic E-state index is 10.5. The molecular weight excluding hydrogens is 160 g/mol. The van der Waals surface area contributed by atoms with Gasteiger partial charge in [0.1, 0.15) is 0 Å². The standard InChI is InChI=1S/C7H14N2O3/c8-5-1-3-9(7(11)12)4-2-6(5)10/h5-6,10H,1-4,8H2,(H,11,12). The van der Waals surface area contributed by atoms with Crippen LogP contribution in [0.5, 0.6) is 0 Å². The molecule has 5 heteroatoms. The summed E-state index contributed by atoms with van der Waals surface area (Å²) in [7, 11) is 0. The zero-order valence-corrected chi connectivity index (χ0v) is 6.81. The van der Waals surface area contributed by atoms with Crippen molar-refractivity contribution in [3.63, 3.8) is 0 Å². The molecule has 4 N–H and O–H groups in total. The van der Waals surface area contributed by atoms with E-state index in [1.165, 1.54) is 4.90 Å². The van der Waals surface area contributed by atoms with Crippen molar-refractivity contribution in [1.82, 2.24) is 4.90 Å². The number of aliphatic hydroxyl groups is 1. The normalized spacial score (nSPS) is 31.3. The van der Waals surface area contributed by atoms with Crippen LogP contribution in [0.1, 0.15) is 12.8 Å². The SMILES string of the molecule is NC1CCN(C(=O)O)CCC1O. The molecule has 0 aromatic carbocycles. The first kappa shape index (κ1) is 9.28. The topological polar surface area (TPSA) is 86.8 Å². The number of amides is 1. The molecule has 5 nitrogen and oxygen atoms in total. The lowest BCUT2D eigenvalue weighted by atomic mass is 10.1. The number of rotatable bonds is 0. The Morgan fingerprint density at radius 1 is 1.42 bits per heavy atom. The van der Waals surface area contributed by atoms with Crippen LogP contribution in [0, 0.1) is 0 Å². The van der Waals surface area contributed by atoms with Crippen LogP contribution in [-0.2, 0) is 0 Å². The van der Waals surface area contributed by atoms with Crippen molar-refractivity contribution < 1.29 is 15.0 Å². The van der Waals surface area contributed by atoms with Crippen molar-refractivity contribution in [1.29, 1.82) is 0 Å². The lowest BCUT2D eigenvalue weighted by Crippen LogP contribution is -2.34. The number of nitrogens with two attached hydrogens (primary N) is 1. The summed E-state index contributed by atoms with van der Waals surface area (Å²) in [5.41, 5.74) is 5.57. The molecule has 1 aliphatic heterocycles. The third kappa shape index (κ3) is 2.09. The van der Waals surface area contributed by atoms with E-state index in [2.05, 4.69) is 0 Å². The van der Waals surface area contributed by atoms with Gasteiger partial charge in [0.15, 0.2) is 0 Å². The van der Waals surface area contributed by atoms with Gasteiger partial charge in [0.25, 0.3) is 0 Å². The quantitative estimate of drug-likeness (QED) is 0.460. The van der Waals surface area contributed by atoms with Gasteiger partial charge in [0.05, 0.1) is 6.10 Å². The Morgan fingerprint density at radius 3 is 2.58 bits per heavy atom. The second-order valence-corrected chi connectivity index (χ2v) is 3.08. The van der Waals surface area contributed by atoms with E-state index >= 15 is 0 Å². The molecule has 1 amide bonds. The summed E-state index contributed by atoms with van der Waals surface area (Å²) in [5, 5.41) is 18.0. The highest BCUT2D eigenvalue weighted by Crippen LogP contribution is 2.09. The minimum absolute atomic E-state index is 0.283. The lowest BCUT2D eigenvalue weighted by Gasteiger charge is -2.14. The fraction of sp³-hybridized carbons (Fsp3) is 0.857. The minimum Gasteiger partial charge on any atom is -0.465 e. The smallest absolute Gasteiger partial charge is 0.407 e. The highest BCUT2D eigenvalue weighted by Gasteiger charge is 2.23. The van der Waals surface area contributed by atoms with E-state index in [0.29, 0.717) is 25.9 Å². The molecule has 0 aliphatic carbocycles. The fourth-order valence-electron chi connectivity index (χ4n) is 1.30. The predicted molar refractivity (Wildman–Crippen MR) is 42.8 cm³/mol. The van der Waals surface area contributed by atoms with Gasteiger partial charge < -0.3 is 20.8 Å². The minimum atomic E-state index is -0.934. The molecule has 0 aromatic heterocycles. The summed E-state index contributed by atoms with van der Waals surface area (Å²) in [6.45, 7) is 0.803. The van der Waals surface area contributed by atoms with Gasteiger partial charge in [-0.05, 0) is 12.8 Å². The molecule has 12 heavy (non-hydrogen) atoms. The van der Waals surface area contributed by atoms with Gasteiger partial charge in [-0.2, -0.15) is 0 Å². The summed E-state index contributed by atoms with van der Waals surface area (Å²) in [5.74, 6) is 0. The third-order valence-corrected chi connectivity index (χ3v) is 2.19. The molecule has 0 bridgehead atoms. The van der Waals surface area contributed by atoms with Crippen molar-refractivity contribution in [3.05, 3.63) is 0 Å². The number of nitrogens with zero attached hydrogens (tertiary/aromatic N) is 1. The Morgan fingerprint density at radius 2 is 2.00 bits per heavy atom. The van der Waals surface area contributed by atoms with Crippen LogP contribution in [0.25, 0.3) is 0 Å². The molecular formula is C7H14N2O3. The molecule has 1 saturated heterocycles. The predicted octanol–water partition coefficient (Wildman–Crippen LogP) is -0.552. The largest absolute Gasteiger partial charge is 0.465 e. The fourth-order valence-corrected chi connectivity index (χ4v) is 1.30. The summed E-state index contributed by atoms with van der Waals surface area (Å²) < 4.78 is 0. The Labute approximate surface area is 70.8 Å². The van der Waals surface area contributed by atoms with Crippen LogP contribution in [0.2, 0.25) is 0 Å². The highest BCUT2D eigenvalue weighted by molar-refractivity contribution is 5.64. The second kappa shape index (κ2) is 3.73. The van der Waals surface area contributed by atoms with Crippen LogP contribution >= 0.6 is 0 Å². The molecule has 0 saturated carbocycles. The molecule has 0 radical (unpaired) electrons. The van der Waals surface area contributed by atoms with Crippen molar-refractivity contribution in [2.24, 2.45) is 5.73 Å². The summed E-state index contributed by atoms with van der Waals surface area (Å²) >= 11 is 0. The van der Waals surface area contributed by atoms with Crippen LogP contribution in [-0.4, -0.2) is 46.4 Å². The Balaban J connectivity index is 2.49. The van der Waals surface area contributed by atoms with Gasteiger partial charge in [-0.25, -0.2) is 4.79 Å². The van der Waals surface area contributed by atoms with Crippen molar-refractivity contribution in [2.45, 2.75) is 25.0 Å². The third-order valence-electron chi connectivity index (χ3n) is 2.19. The molecule has 2 unspecified atom stereocenters. The lowest BCUT2D eigenvalue weighted by molar-refractivity contribution is 0.131. The molecule has 1 rings (SSSR count). The second-order valence-electron chi connectivity index (χ2n) is 3.08. The Bertz CT molecular complexity index is 162.